The Balaban J connectivity index is 1.45. The van der Waals surface area contributed by atoms with E-state index in [2.05, 4.69) is 24.0 Å². The fraction of sp³-hybridized carbons (Fsp3) is 0.500. The van der Waals surface area contributed by atoms with Crippen molar-refractivity contribution in [1.82, 2.24) is 9.80 Å². The van der Waals surface area contributed by atoms with Crippen molar-refractivity contribution in [2.24, 2.45) is 11.8 Å². The third-order valence-electron chi connectivity index (χ3n) is 7.93. The van der Waals surface area contributed by atoms with Gasteiger partial charge in [-0.2, -0.15) is 0 Å². The van der Waals surface area contributed by atoms with E-state index < -0.39 is 5.97 Å². The van der Waals surface area contributed by atoms with Crippen molar-refractivity contribution in [3.63, 3.8) is 0 Å². The molecule has 39 heavy (non-hydrogen) atoms. The Morgan fingerprint density at radius 2 is 1.72 bits per heavy atom. The van der Waals surface area contributed by atoms with Gasteiger partial charge in [0.05, 0.1) is 19.6 Å². The van der Waals surface area contributed by atoms with E-state index in [1.807, 2.05) is 30.3 Å². The number of hydrogen-bond acceptors (Lipinski definition) is 6. The van der Waals surface area contributed by atoms with Gasteiger partial charge in [-0.15, -0.1) is 0 Å². The average molecular weight is 557 g/mol. The number of aliphatic carboxylic acids is 1. The van der Waals surface area contributed by atoms with Crippen molar-refractivity contribution < 1.29 is 29.0 Å². The number of likely N-dealkylation sites (tertiary alicyclic amines) is 1. The first-order valence-corrected chi connectivity index (χ1v) is 14.0. The zero-order valence-corrected chi connectivity index (χ0v) is 23.4. The van der Waals surface area contributed by atoms with Gasteiger partial charge < -0.3 is 14.6 Å². The van der Waals surface area contributed by atoms with Crippen molar-refractivity contribution in [2.75, 3.05) is 26.8 Å². The van der Waals surface area contributed by atoms with Crippen LogP contribution in [0.1, 0.15) is 62.6 Å². The summed E-state index contributed by atoms with van der Waals surface area (Å²) in [5.41, 5.74) is 2.22. The molecule has 0 spiro atoms. The molecule has 2 aliphatic rings. The fourth-order valence-corrected chi connectivity index (χ4v) is 5.64. The number of halogens is 1. The van der Waals surface area contributed by atoms with Gasteiger partial charge in [0.25, 0.3) is 0 Å². The molecule has 0 radical (unpaired) electrons. The highest BCUT2D eigenvalue weighted by atomic mass is 35.5. The first kappa shape index (κ1) is 28.9. The van der Waals surface area contributed by atoms with Crippen LogP contribution in [0.4, 0.5) is 0 Å². The Morgan fingerprint density at radius 1 is 1.05 bits per heavy atom. The summed E-state index contributed by atoms with van der Waals surface area (Å²) in [6.07, 6.45) is 3.78. The average Bonchev–Trinajstić information content (AvgIpc) is 3.26. The van der Waals surface area contributed by atoms with Crippen molar-refractivity contribution >= 4 is 29.4 Å². The van der Waals surface area contributed by atoms with Crippen molar-refractivity contribution in [3.05, 3.63) is 58.6 Å². The summed E-state index contributed by atoms with van der Waals surface area (Å²) in [6, 6.07) is 13.9. The topological polar surface area (TPSA) is 96.4 Å². The van der Waals surface area contributed by atoms with E-state index in [1.54, 1.807) is 7.11 Å². The molecule has 1 aliphatic carbocycles. The number of hydrogen-bond donors (Lipinski definition) is 1. The minimum Gasteiger partial charge on any atom is -0.493 e. The second kappa shape index (κ2) is 13.3. The fourth-order valence-electron chi connectivity index (χ4n) is 5.52. The summed E-state index contributed by atoms with van der Waals surface area (Å²) < 4.78 is 11.5. The molecule has 1 saturated heterocycles. The molecule has 0 unspecified atom stereocenters. The summed E-state index contributed by atoms with van der Waals surface area (Å²) in [7, 11) is 1.59. The number of carboxylic acid groups (broad SMARTS) is 1. The molecular weight excluding hydrogens is 520 g/mol. The maximum absolute atomic E-state index is 11.8. The molecule has 1 aliphatic heterocycles. The Kier molecular flexibility index (Phi) is 9.86. The molecule has 1 atom stereocenters. The molecule has 1 N–H and O–H groups in total. The van der Waals surface area contributed by atoms with Crippen LogP contribution in [0.25, 0.3) is 0 Å². The van der Waals surface area contributed by atoms with Crippen LogP contribution in [0, 0.1) is 11.8 Å². The standard InChI is InChI=1S/C30H37ClN2O6/c1-20(23-8-10-25(31)11-9-23)32(18-21-3-6-24(7-4-21)30(36)37)19-22-5-12-26(27(17-22)38-2)39-16-15-33-28(34)13-14-29(33)35/h5,8-12,17,20-21,24H,3-4,6-7,13-16,18-19H2,1-2H3,(H,36,37)/t20-,21-,24-/m1/s1. The van der Waals surface area contributed by atoms with Gasteiger partial charge in [-0.05, 0) is 73.9 Å². The van der Waals surface area contributed by atoms with Crippen LogP contribution in [0.5, 0.6) is 11.5 Å². The number of carbonyl (C=O) groups excluding carboxylic acids is 2. The number of imide groups is 1. The highest BCUT2D eigenvalue weighted by Gasteiger charge is 2.30. The molecule has 2 fully saturated rings. The van der Waals surface area contributed by atoms with Gasteiger partial charge in [0.2, 0.25) is 11.8 Å². The van der Waals surface area contributed by atoms with E-state index in [1.165, 1.54) is 4.90 Å². The second-order valence-corrected chi connectivity index (χ2v) is 10.9. The van der Waals surface area contributed by atoms with Crippen LogP contribution in [0.3, 0.4) is 0 Å². The number of ether oxygens (including phenoxy) is 2. The van der Waals surface area contributed by atoms with Crippen LogP contribution >= 0.6 is 11.6 Å². The molecule has 1 saturated carbocycles. The van der Waals surface area contributed by atoms with Gasteiger partial charge in [-0.3, -0.25) is 24.2 Å². The smallest absolute Gasteiger partial charge is 0.306 e. The lowest BCUT2D eigenvalue weighted by molar-refractivity contribution is -0.143. The van der Waals surface area contributed by atoms with Gasteiger partial charge in [0, 0.05) is 37.0 Å². The minimum absolute atomic E-state index is 0.122. The maximum Gasteiger partial charge on any atom is 0.306 e. The molecule has 0 bridgehead atoms. The van der Waals surface area contributed by atoms with Crippen molar-refractivity contribution in [1.29, 1.82) is 0 Å². The molecule has 210 valence electrons. The normalized spacial score (nSPS) is 20.4. The zero-order valence-electron chi connectivity index (χ0n) is 22.6. The predicted octanol–water partition coefficient (Wildman–Crippen LogP) is 5.33. The van der Waals surface area contributed by atoms with E-state index in [0.717, 1.165) is 43.4 Å². The highest BCUT2D eigenvalue weighted by molar-refractivity contribution is 6.30. The number of carbonyl (C=O) groups is 3. The molecule has 2 aromatic rings. The van der Waals surface area contributed by atoms with Crippen LogP contribution in [-0.4, -0.2) is 59.5 Å². The molecule has 2 aromatic carbocycles. The molecule has 4 rings (SSSR count). The number of carboxylic acids is 1. The lowest BCUT2D eigenvalue weighted by atomic mass is 9.81. The largest absolute Gasteiger partial charge is 0.493 e. The van der Waals surface area contributed by atoms with Crippen LogP contribution in [-0.2, 0) is 20.9 Å². The monoisotopic (exact) mass is 556 g/mol. The summed E-state index contributed by atoms with van der Waals surface area (Å²) in [5, 5.41) is 10.1. The number of amides is 2. The van der Waals surface area contributed by atoms with E-state index in [9.17, 15) is 19.5 Å². The summed E-state index contributed by atoms with van der Waals surface area (Å²) >= 11 is 6.13. The number of rotatable bonds is 12. The summed E-state index contributed by atoms with van der Waals surface area (Å²) in [4.78, 5) is 38.8. The van der Waals surface area contributed by atoms with Crippen molar-refractivity contribution in [3.8, 4) is 11.5 Å². The third kappa shape index (κ3) is 7.51. The third-order valence-corrected chi connectivity index (χ3v) is 8.18. The Bertz CT molecular complexity index is 1150. The molecule has 1 heterocycles. The van der Waals surface area contributed by atoms with Gasteiger partial charge in [-0.25, -0.2) is 0 Å². The Morgan fingerprint density at radius 3 is 2.33 bits per heavy atom. The van der Waals surface area contributed by atoms with Gasteiger partial charge in [-0.1, -0.05) is 29.8 Å². The number of methoxy groups -OCH3 is 1. The van der Waals surface area contributed by atoms with E-state index in [4.69, 9.17) is 21.1 Å². The Hall–Kier alpha value is -3.10. The minimum atomic E-state index is -0.687. The first-order chi connectivity index (χ1) is 18.7. The Labute approximate surface area is 234 Å². The van der Waals surface area contributed by atoms with Gasteiger partial charge >= 0.3 is 5.97 Å². The van der Waals surface area contributed by atoms with Crippen molar-refractivity contribution in [2.45, 2.75) is 58.0 Å². The quantitative estimate of drug-likeness (QED) is 0.353. The van der Waals surface area contributed by atoms with E-state index in [-0.39, 0.29) is 49.8 Å². The maximum atomic E-state index is 11.8. The summed E-state index contributed by atoms with van der Waals surface area (Å²) in [5.74, 6) is 0.345. The lowest BCUT2D eigenvalue weighted by Gasteiger charge is -2.35. The van der Waals surface area contributed by atoms with Gasteiger partial charge in [0.1, 0.15) is 6.61 Å². The molecular formula is C30H37ClN2O6. The number of benzene rings is 2. The van der Waals surface area contributed by atoms with Crippen LogP contribution in [0.15, 0.2) is 42.5 Å². The SMILES string of the molecule is COc1cc(CN(C[C@H]2CC[C@H](C(=O)O)CC2)[C@H](C)c2ccc(Cl)cc2)ccc1OCCN1C(=O)CCC1=O. The highest BCUT2D eigenvalue weighted by Crippen LogP contribution is 2.34. The van der Waals surface area contributed by atoms with E-state index in [0.29, 0.717) is 29.0 Å². The zero-order chi connectivity index (χ0) is 27.9. The van der Waals surface area contributed by atoms with Gasteiger partial charge in [0.15, 0.2) is 11.5 Å². The van der Waals surface area contributed by atoms with Crippen LogP contribution in [0.2, 0.25) is 5.02 Å². The lowest BCUT2D eigenvalue weighted by Crippen LogP contribution is -2.34. The van der Waals surface area contributed by atoms with Crippen LogP contribution < -0.4 is 9.47 Å². The second-order valence-electron chi connectivity index (χ2n) is 10.5. The first-order valence-electron chi connectivity index (χ1n) is 13.6. The number of nitrogens with zero attached hydrogens (tertiary/aromatic N) is 2. The molecule has 8 nitrogen and oxygen atoms in total. The molecule has 0 aromatic heterocycles. The molecule has 2 amide bonds. The summed E-state index contributed by atoms with van der Waals surface area (Å²) in [6.45, 7) is 4.14. The van der Waals surface area contributed by atoms with E-state index >= 15 is 0 Å². The predicted molar refractivity (Wildman–Crippen MR) is 148 cm³/mol. The molecule has 9 heteroatoms.